The van der Waals surface area contributed by atoms with E-state index in [-0.39, 0.29) is 38.8 Å². The van der Waals surface area contributed by atoms with Crippen LogP contribution in [0.5, 0.6) is 0 Å². The molecule has 0 saturated carbocycles. The molecule has 3 heterocycles. The van der Waals surface area contributed by atoms with Gasteiger partial charge in [0.1, 0.15) is 18.3 Å². The van der Waals surface area contributed by atoms with E-state index in [1.807, 2.05) is 13.6 Å². The maximum Gasteiger partial charge on any atom is 0.455 e. The Kier molecular flexibility index (Phi) is 2.11. The van der Waals surface area contributed by atoms with Gasteiger partial charge in [0.2, 0.25) is 0 Å². The van der Waals surface area contributed by atoms with Gasteiger partial charge in [-0.1, -0.05) is 0 Å². The fraction of sp³-hybridized carbons (Fsp3) is 1.00. The molecular formula is C7H12B2O5. The van der Waals surface area contributed by atoms with Crippen LogP contribution in [0.15, 0.2) is 0 Å². The minimum absolute atomic E-state index is 0.0475. The van der Waals surface area contributed by atoms with Gasteiger partial charge in [0, 0.05) is 0 Å². The molecule has 0 N–H and O–H groups in total. The zero-order chi connectivity index (χ0) is 9.71. The summed E-state index contributed by atoms with van der Waals surface area (Å²) < 4.78 is 27.6. The van der Waals surface area contributed by atoms with Crippen LogP contribution in [0.25, 0.3) is 0 Å². The van der Waals surface area contributed by atoms with E-state index < -0.39 is 0 Å². The molecule has 0 spiro atoms. The lowest BCUT2D eigenvalue weighted by atomic mass is 9.90. The summed E-state index contributed by atoms with van der Waals surface area (Å²) in [6.45, 7) is 4.29. The fourth-order valence-electron chi connectivity index (χ4n) is 2.18. The van der Waals surface area contributed by atoms with Gasteiger partial charge in [-0.3, -0.25) is 0 Å². The average Bonchev–Trinajstić information content (AvgIpc) is 2.62. The number of hydrogen-bond acceptors (Lipinski definition) is 5. The van der Waals surface area contributed by atoms with Crippen molar-refractivity contribution in [3.8, 4) is 0 Å². The first-order chi connectivity index (χ1) is 6.74. The maximum atomic E-state index is 5.62. The van der Waals surface area contributed by atoms with Gasteiger partial charge in [-0.05, 0) is 13.6 Å². The summed E-state index contributed by atoms with van der Waals surface area (Å²) in [5.74, 6) is 0. The lowest BCUT2D eigenvalue weighted by Gasteiger charge is -2.30. The highest BCUT2D eigenvalue weighted by Gasteiger charge is 2.54. The van der Waals surface area contributed by atoms with Crippen molar-refractivity contribution in [2.24, 2.45) is 0 Å². The molecule has 0 unspecified atom stereocenters. The van der Waals surface area contributed by atoms with Crippen LogP contribution in [0, 0.1) is 0 Å². The lowest BCUT2D eigenvalue weighted by molar-refractivity contribution is -0.1000. The van der Waals surface area contributed by atoms with Crippen LogP contribution in [-0.2, 0) is 23.4 Å². The summed E-state index contributed by atoms with van der Waals surface area (Å²) in [7, 11) is -0.384. The van der Waals surface area contributed by atoms with E-state index in [9.17, 15) is 0 Å². The van der Waals surface area contributed by atoms with Crippen molar-refractivity contribution in [3.05, 3.63) is 0 Å². The Bertz CT molecular complexity index is 240. The fourth-order valence-corrected chi connectivity index (χ4v) is 2.18. The molecular weight excluding hydrogens is 186 g/mol. The van der Waals surface area contributed by atoms with Crippen LogP contribution in [0.4, 0.5) is 0 Å². The molecule has 76 valence electrons. The van der Waals surface area contributed by atoms with Crippen molar-refractivity contribution in [3.63, 3.8) is 0 Å². The summed E-state index contributed by atoms with van der Waals surface area (Å²) in [5.41, 5.74) is 0. The SMILES string of the molecule is CB1OC[C@H]2O[C@@H]3OB(C)O[C@@H]3[C@H]2O1. The molecule has 3 aliphatic heterocycles. The van der Waals surface area contributed by atoms with Crippen molar-refractivity contribution >= 4 is 14.2 Å². The zero-order valence-corrected chi connectivity index (χ0v) is 8.21. The zero-order valence-electron chi connectivity index (χ0n) is 8.21. The predicted octanol–water partition coefficient (Wildman–Crippen LogP) is -0.222. The summed E-state index contributed by atoms with van der Waals surface area (Å²) >= 11 is 0. The van der Waals surface area contributed by atoms with Gasteiger partial charge in [0.15, 0.2) is 6.29 Å². The van der Waals surface area contributed by atoms with E-state index in [1.165, 1.54) is 0 Å². The minimum Gasteiger partial charge on any atom is -0.408 e. The van der Waals surface area contributed by atoms with Crippen molar-refractivity contribution in [2.45, 2.75) is 38.2 Å². The van der Waals surface area contributed by atoms with Crippen LogP contribution in [0.3, 0.4) is 0 Å². The molecule has 3 fully saturated rings. The van der Waals surface area contributed by atoms with Crippen molar-refractivity contribution < 1.29 is 23.4 Å². The van der Waals surface area contributed by atoms with Crippen LogP contribution < -0.4 is 0 Å². The molecule has 0 radical (unpaired) electrons. The smallest absolute Gasteiger partial charge is 0.408 e. The van der Waals surface area contributed by atoms with Crippen molar-refractivity contribution in [1.82, 2.24) is 0 Å². The summed E-state index contributed by atoms with van der Waals surface area (Å²) in [5, 5.41) is 0. The van der Waals surface area contributed by atoms with Gasteiger partial charge in [0.05, 0.1) is 6.61 Å². The van der Waals surface area contributed by atoms with Crippen LogP contribution in [0.2, 0.25) is 13.6 Å². The van der Waals surface area contributed by atoms with Crippen molar-refractivity contribution in [2.75, 3.05) is 6.61 Å². The second kappa shape index (κ2) is 3.21. The quantitative estimate of drug-likeness (QED) is 0.503. The first kappa shape index (κ1) is 9.18. The molecule has 0 aromatic rings. The number of hydrogen-bond donors (Lipinski definition) is 0. The standard InChI is InChI=1S/C7H12B2O5/c1-8-10-3-4-5(12-8)6-7(11-4)14-9(2)13-6/h4-7H,3H2,1-2H3/t4-,5+,6-,7-/m1/s1. The Morgan fingerprint density at radius 2 is 1.79 bits per heavy atom. The average molecular weight is 198 g/mol. The molecule has 5 nitrogen and oxygen atoms in total. The van der Waals surface area contributed by atoms with Gasteiger partial charge in [-0.25, -0.2) is 0 Å². The molecule has 7 heteroatoms. The van der Waals surface area contributed by atoms with E-state index in [4.69, 9.17) is 23.4 Å². The summed E-state index contributed by atoms with van der Waals surface area (Å²) in [6.07, 6.45) is -0.474. The largest absolute Gasteiger partial charge is 0.455 e. The summed E-state index contributed by atoms with van der Waals surface area (Å²) in [6, 6.07) is 0. The van der Waals surface area contributed by atoms with Crippen LogP contribution in [-0.4, -0.2) is 45.4 Å². The van der Waals surface area contributed by atoms with Gasteiger partial charge in [-0.15, -0.1) is 0 Å². The molecule has 3 rings (SSSR count). The molecule has 4 atom stereocenters. The Balaban J connectivity index is 1.75. The van der Waals surface area contributed by atoms with E-state index in [0.717, 1.165) is 0 Å². The van der Waals surface area contributed by atoms with Crippen LogP contribution in [0.1, 0.15) is 0 Å². The van der Waals surface area contributed by atoms with Gasteiger partial charge in [0.25, 0.3) is 0 Å². The van der Waals surface area contributed by atoms with Gasteiger partial charge < -0.3 is 23.4 Å². The van der Waals surface area contributed by atoms with Crippen LogP contribution >= 0.6 is 0 Å². The van der Waals surface area contributed by atoms with Gasteiger partial charge in [-0.2, -0.15) is 0 Å². The monoisotopic (exact) mass is 198 g/mol. The Morgan fingerprint density at radius 3 is 2.64 bits per heavy atom. The highest BCUT2D eigenvalue weighted by Crippen LogP contribution is 2.35. The summed E-state index contributed by atoms with van der Waals surface area (Å²) in [4.78, 5) is 0. The molecule has 0 aromatic heterocycles. The molecule has 14 heavy (non-hydrogen) atoms. The van der Waals surface area contributed by atoms with Gasteiger partial charge >= 0.3 is 14.2 Å². The molecule has 0 aromatic carbocycles. The number of rotatable bonds is 0. The van der Waals surface area contributed by atoms with E-state index >= 15 is 0 Å². The Morgan fingerprint density at radius 1 is 1.00 bits per heavy atom. The third kappa shape index (κ3) is 1.31. The Labute approximate surface area is 83.3 Å². The topological polar surface area (TPSA) is 46.2 Å². The number of fused-ring (bicyclic) bond motifs is 3. The minimum atomic E-state index is -0.283. The molecule has 0 bridgehead atoms. The highest BCUT2D eigenvalue weighted by atomic mass is 16.8. The second-order valence-electron chi connectivity index (χ2n) is 3.85. The third-order valence-electron chi connectivity index (χ3n) is 2.79. The molecule has 0 amide bonds. The van der Waals surface area contributed by atoms with E-state index in [2.05, 4.69) is 0 Å². The molecule has 0 aliphatic carbocycles. The lowest BCUT2D eigenvalue weighted by Crippen LogP contribution is -2.47. The molecule has 3 saturated heterocycles. The van der Waals surface area contributed by atoms with E-state index in [0.29, 0.717) is 6.61 Å². The molecule has 3 aliphatic rings. The predicted molar refractivity (Wildman–Crippen MR) is 48.7 cm³/mol. The van der Waals surface area contributed by atoms with Crippen molar-refractivity contribution in [1.29, 1.82) is 0 Å². The third-order valence-corrected chi connectivity index (χ3v) is 2.79. The maximum absolute atomic E-state index is 5.62. The first-order valence-corrected chi connectivity index (χ1v) is 4.97. The Hall–Kier alpha value is -0.0701. The number of ether oxygens (including phenoxy) is 1. The first-order valence-electron chi connectivity index (χ1n) is 4.97. The van der Waals surface area contributed by atoms with E-state index in [1.54, 1.807) is 0 Å². The second-order valence-corrected chi connectivity index (χ2v) is 3.85. The normalized spacial score (nSPS) is 46.7. The highest BCUT2D eigenvalue weighted by molar-refractivity contribution is 6.43.